The molecule has 0 atom stereocenters. The van der Waals surface area contributed by atoms with E-state index in [9.17, 15) is 0 Å². The number of methoxy groups -OCH3 is 1. The van der Waals surface area contributed by atoms with E-state index < -0.39 is 0 Å². The molecular formula is C11H24O3. The summed E-state index contributed by atoms with van der Waals surface area (Å²) in [6, 6.07) is 0. The molecule has 14 heavy (non-hydrogen) atoms. The smallest absolute Gasteiger partial charge is 0.0487 e. The van der Waals surface area contributed by atoms with E-state index in [4.69, 9.17) is 14.2 Å². The molecule has 0 aliphatic rings. The molecule has 0 N–H and O–H groups in total. The fraction of sp³-hybridized carbons (Fsp3) is 1.00. The largest absolute Gasteiger partial charge is 0.385 e. The maximum Gasteiger partial charge on any atom is 0.0487 e. The third-order valence-electron chi connectivity index (χ3n) is 1.92. The Morgan fingerprint density at radius 2 is 1.36 bits per heavy atom. The van der Waals surface area contributed by atoms with Crippen molar-refractivity contribution in [3.8, 4) is 0 Å². The van der Waals surface area contributed by atoms with Crippen LogP contribution in [0, 0.1) is 0 Å². The fourth-order valence-electron chi connectivity index (χ4n) is 1.14. The third kappa shape index (κ3) is 11.9. The Kier molecular flexibility index (Phi) is 12.8. The van der Waals surface area contributed by atoms with E-state index in [1.54, 1.807) is 7.11 Å². The van der Waals surface area contributed by atoms with Gasteiger partial charge in [0.1, 0.15) is 0 Å². The van der Waals surface area contributed by atoms with Crippen molar-refractivity contribution in [1.29, 1.82) is 0 Å². The lowest BCUT2D eigenvalue weighted by atomic mass is 10.2. The molecule has 0 unspecified atom stereocenters. The fourth-order valence-corrected chi connectivity index (χ4v) is 1.14. The third-order valence-corrected chi connectivity index (χ3v) is 1.92. The first-order chi connectivity index (χ1) is 6.91. The summed E-state index contributed by atoms with van der Waals surface area (Å²) in [7, 11) is 1.74. The highest BCUT2D eigenvalue weighted by Gasteiger charge is 1.91. The van der Waals surface area contributed by atoms with Gasteiger partial charge in [0.2, 0.25) is 0 Å². The average molecular weight is 204 g/mol. The predicted octanol–water partition coefficient (Wildman–Crippen LogP) is 2.25. The van der Waals surface area contributed by atoms with Gasteiger partial charge in [-0.05, 0) is 32.6 Å². The van der Waals surface area contributed by atoms with Crippen LogP contribution in [-0.2, 0) is 14.2 Å². The summed E-state index contributed by atoms with van der Waals surface area (Å²) in [4.78, 5) is 0. The van der Waals surface area contributed by atoms with Crippen LogP contribution in [0.15, 0.2) is 0 Å². The quantitative estimate of drug-likeness (QED) is 0.483. The van der Waals surface area contributed by atoms with Gasteiger partial charge in [0.15, 0.2) is 0 Å². The molecule has 0 aromatic carbocycles. The van der Waals surface area contributed by atoms with Gasteiger partial charge in [-0.2, -0.15) is 0 Å². The van der Waals surface area contributed by atoms with Crippen LogP contribution in [0.3, 0.4) is 0 Å². The highest BCUT2D eigenvalue weighted by Crippen LogP contribution is 1.96. The monoisotopic (exact) mass is 204 g/mol. The number of hydrogen-bond acceptors (Lipinski definition) is 3. The molecule has 0 heterocycles. The van der Waals surface area contributed by atoms with Crippen LogP contribution in [0.4, 0.5) is 0 Å². The number of unbranched alkanes of at least 4 members (excludes halogenated alkanes) is 2. The molecule has 0 spiro atoms. The van der Waals surface area contributed by atoms with Gasteiger partial charge in [0, 0.05) is 40.1 Å². The summed E-state index contributed by atoms with van der Waals surface area (Å²) < 4.78 is 15.6. The Morgan fingerprint density at radius 1 is 0.714 bits per heavy atom. The van der Waals surface area contributed by atoms with Crippen LogP contribution < -0.4 is 0 Å². The summed E-state index contributed by atoms with van der Waals surface area (Å²) in [6.45, 7) is 6.19. The second-order valence-corrected chi connectivity index (χ2v) is 3.22. The van der Waals surface area contributed by atoms with E-state index in [1.165, 1.54) is 6.42 Å². The van der Waals surface area contributed by atoms with E-state index in [0.29, 0.717) is 0 Å². The van der Waals surface area contributed by atoms with E-state index in [1.807, 2.05) is 6.92 Å². The lowest BCUT2D eigenvalue weighted by molar-refractivity contribution is 0.0851. The minimum absolute atomic E-state index is 0.803. The molecule has 0 aromatic rings. The SMILES string of the molecule is CCOCCCOCCCCCOC. The lowest BCUT2D eigenvalue weighted by Gasteiger charge is -2.04. The van der Waals surface area contributed by atoms with Gasteiger partial charge in [-0.1, -0.05) is 0 Å². The molecule has 0 aromatic heterocycles. The zero-order valence-corrected chi connectivity index (χ0v) is 9.59. The van der Waals surface area contributed by atoms with Gasteiger partial charge < -0.3 is 14.2 Å². The lowest BCUT2D eigenvalue weighted by Crippen LogP contribution is -2.02. The predicted molar refractivity (Wildman–Crippen MR) is 57.7 cm³/mol. The minimum Gasteiger partial charge on any atom is -0.385 e. The van der Waals surface area contributed by atoms with Crippen molar-refractivity contribution >= 4 is 0 Å². The molecule has 0 aliphatic carbocycles. The Balaban J connectivity index is 2.78. The van der Waals surface area contributed by atoms with E-state index in [0.717, 1.165) is 52.3 Å². The summed E-state index contributed by atoms with van der Waals surface area (Å²) in [6.07, 6.45) is 4.47. The molecule has 3 nitrogen and oxygen atoms in total. The topological polar surface area (TPSA) is 27.7 Å². The van der Waals surface area contributed by atoms with Crippen molar-refractivity contribution < 1.29 is 14.2 Å². The van der Waals surface area contributed by atoms with Gasteiger partial charge >= 0.3 is 0 Å². The van der Waals surface area contributed by atoms with Crippen molar-refractivity contribution in [3.05, 3.63) is 0 Å². The minimum atomic E-state index is 0.803. The molecule has 0 saturated heterocycles. The Morgan fingerprint density at radius 3 is 2.07 bits per heavy atom. The zero-order chi connectivity index (χ0) is 10.5. The van der Waals surface area contributed by atoms with Crippen LogP contribution in [0.2, 0.25) is 0 Å². The highest BCUT2D eigenvalue weighted by molar-refractivity contribution is 4.41. The van der Waals surface area contributed by atoms with Crippen LogP contribution in [0.25, 0.3) is 0 Å². The van der Waals surface area contributed by atoms with Crippen LogP contribution >= 0.6 is 0 Å². The van der Waals surface area contributed by atoms with E-state index >= 15 is 0 Å². The first kappa shape index (κ1) is 13.9. The molecule has 0 bridgehead atoms. The van der Waals surface area contributed by atoms with Crippen molar-refractivity contribution in [3.63, 3.8) is 0 Å². The van der Waals surface area contributed by atoms with Crippen LogP contribution in [0.1, 0.15) is 32.6 Å². The summed E-state index contributed by atoms with van der Waals surface area (Å²) in [5.41, 5.74) is 0. The molecular weight excluding hydrogens is 180 g/mol. The van der Waals surface area contributed by atoms with Gasteiger partial charge in [-0.15, -0.1) is 0 Å². The number of ether oxygens (including phenoxy) is 3. The first-order valence-corrected chi connectivity index (χ1v) is 5.56. The molecule has 0 fully saturated rings. The molecule has 3 heteroatoms. The van der Waals surface area contributed by atoms with Crippen LogP contribution in [0.5, 0.6) is 0 Å². The zero-order valence-electron chi connectivity index (χ0n) is 9.59. The molecule has 0 radical (unpaired) electrons. The van der Waals surface area contributed by atoms with Gasteiger partial charge in [0.05, 0.1) is 0 Å². The average Bonchev–Trinajstić information content (AvgIpc) is 2.21. The Hall–Kier alpha value is -0.120. The maximum atomic E-state index is 5.44. The molecule has 0 aliphatic heterocycles. The van der Waals surface area contributed by atoms with Gasteiger partial charge in [0.25, 0.3) is 0 Å². The summed E-state index contributed by atoms with van der Waals surface area (Å²) >= 11 is 0. The molecule has 0 rings (SSSR count). The number of hydrogen-bond donors (Lipinski definition) is 0. The second kappa shape index (κ2) is 12.9. The van der Waals surface area contributed by atoms with E-state index in [-0.39, 0.29) is 0 Å². The normalized spacial score (nSPS) is 10.7. The second-order valence-electron chi connectivity index (χ2n) is 3.22. The molecule has 0 saturated carbocycles. The van der Waals surface area contributed by atoms with Crippen molar-refractivity contribution in [2.45, 2.75) is 32.6 Å². The van der Waals surface area contributed by atoms with Crippen LogP contribution in [-0.4, -0.2) is 40.1 Å². The standard InChI is InChI=1S/C11H24O3/c1-3-13-10-7-11-14-9-6-4-5-8-12-2/h3-11H2,1-2H3. The van der Waals surface area contributed by atoms with Crippen molar-refractivity contribution in [2.24, 2.45) is 0 Å². The van der Waals surface area contributed by atoms with Gasteiger partial charge in [-0.25, -0.2) is 0 Å². The maximum absolute atomic E-state index is 5.44. The summed E-state index contributed by atoms with van der Waals surface area (Å²) in [5.74, 6) is 0. The van der Waals surface area contributed by atoms with Gasteiger partial charge in [-0.3, -0.25) is 0 Å². The Labute approximate surface area is 87.7 Å². The molecule has 86 valence electrons. The van der Waals surface area contributed by atoms with Crippen molar-refractivity contribution in [1.82, 2.24) is 0 Å². The highest BCUT2D eigenvalue weighted by atomic mass is 16.5. The van der Waals surface area contributed by atoms with E-state index in [2.05, 4.69) is 0 Å². The Bertz CT molecular complexity index is 84.5. The van der Waals surface area contributed by atoms with Crippen molar-refractivity contribution in [2.75, 3.05) is 40.1 Å². The summed E-state index contributed by atoms with van der Waals surface area (Å²) in [5, 5.41) is 0. The first-order valence-electron chi connectivity index (χ1n) is 5.56. The molecule has 0 amide bonds. The number of rotatable bonds is 11.